The van der Waals surface area contributed by atoms with Gasteiger partial charge in [-0.1, -0.05) is 12.0 Å². The fourth-order valence-electron chi connectivity index (χ4n) is 5.48. The highest BCUT2D eigenvalue weighted by Gasteiger charge is 2.51. The zero-order chi connectivity index (χ0) is 28.7. The van der Waals surface area contributed by atoms with Crippen molar-refractivity contribution in [3.63, 3.8) is 0 Å². The van der Waals surface area contributed by atoms with E-state index in [1.807, 2.05) is 0 Å². The third-order valence-corrected chi connectivity index (χ3v) is 7.92. The topological polar surface area (TPSA) is 136 Å². The van der Waals surface area contributed by atoms with Gasteiger partial charge in [0.15, 0.2) is 5.69 Å². The van der Waals surface area contributed by atoms with Crippen LogP contribution in [0.25, 0.3) is 10.9 Å². The van der Waals surface area contributed by atoms with Gasteiger partial charge in [-0.25, -0.2) is 14.4 Å². The number of carbonyl (C=O) groups is 3. The molecule has 3 aromatic heterocycles. The lowest BCUT2D eigenvalue weighted by Gasteiger charge is -2.37. The normalized spacial score (nSPS) is 19.2. The van der Waals surface area contributed by atoms with Gasteiger partial charge in [0.25, 0.3) is 5.91 Å². The largest absolute Gasteiger partial charge is 0.364 e. The number of hydrogen-bond acceptors (Lipinski definition) is 6. The first kappa shape index (κ1) is 26.6. The standard InChI is InChI=1S/C29H23BrFN7O3/c30-24-2-1-3-25(34-24)35-29(41)23-13-17-6-9-21(17)38(23)26(39)15-37-22-8-5-16(12-20(22)27(36-37)28(32)40)4-7-19-14-18(31)10-11-33-19/h1-3,5,8,10-12,14,17,21,23H,6,9,13,15H2,(H2,32,40)(H,34,35,41). The summed E-state index contributed by atoms with van der Waals surface area (Å²) in [4.78, 5) is 49.1. The van der Waals surface area contributed by atoms with E-state index in [4.69, 9.17) is 5.73 Å². The van der Waals surface area contributed by atoms with Gasteiger partial charge in [-0.15, -0.1) is 0 Å². The van der Waals surface area contributed by atoms with E-state index in [0.717, 1.165) is 12.8 Å². The van der Waals surface area contributed by atoms with Crippen molar-refractivity contribution in [2.45, 2.75) is 37.9 Å². The Hall–Kier alpha value is -4.63. The van der Waals surface area contributed by atoms with Crippen molar-refractivity contribution in [2.75, 3.05) is 5.32 Å². The Morgan fingerprint density at radius 1 is 1.12 bits per heavy atom. The third kappa shape index (κ3) is 5.28. The number of carbonyl (C=O) groups excluding carboxylic acids is 3. The second-order valence-corrected chi connectivity index (χ2v) is 10.8. The summed E-state index contributed by atoms with van der Waals surface area (Å²) in [6.07, 6.45) is 3.68. The Labute approximate surface area is 242 Å². The molecule has 12 heteroatoms. The van der Waals surface area contributed by atoms with Crippen LogP contribution in [0.4, 0.5) is 10.2 Å². The van der Waals surface area contributed by atoms with Gasteiger partial charge in [-0.05, 0) is 83.4 Å². The monoisotopic (exact) mass is 615 g/mol. The molecule has 41 heavy (non-hydrogen) atoms. The van der Waals surface area contributed by atoms with Crippen LogP contribution in [0.3, 0.4) is 0 Å². The lowest BCUT2D eigenvalue weighted by Crippen LogP contribution is -2.50. The highest BCUT2D eigenvalue weighted by molar-refractivity contribution is 9.10. The molecule has 4 heterocycles. The fraction of sp³-hybridized carbons (Fsp3) is 0.241. The minimum Gasteiger partial charge on any atom is -0.364 e. The predicted molar refractivity (Wildman–Crippen MR) is 151 cm³/mol. The van der Waals surface area contributed by atoms with Gasteiger partial charge in [0.1, 0.15) is 34.5 Å². The van der Waals surface area contributed by atoms with E-state index in [1.54, 1.807) is 41.3 Å². The van der Waals surface area contributed by atoms with Gasteiger partial charge < -0.3 is 16.0 Å². The number of pyridine rings is 2. The maximum Gasteiger partial charge on any atom is 0.269 e. The Balaban J connectivity index is 1.26. The van der Waals surface area contributed by atoms with Gasteiger partial charge in [0, 0.05) is 29.3 Å². The lowest BCUT2D eigenvalue weighted by molar-refractivity contribution is -0.140. The van der Waals surface area contributed by atoms with E-state index in [9.17, 15) is 18.8 Å². The Morgan fingerprint density at radius 3 is 2.71 bits per heavy atom. The second-order valence-electron chi connectivity index (χ2n) is 10.0. The molecular weight excluding hydrogens is 593 g/mol. The van der Waals surface area contributed by atoms with Crippen molar-refractivity contribution in [1.82, 2.24) is 24.6 Å². The third-order valence-electron chi connectivity index (χ3n) is 7.48. The van der Waals surface area contributed by atoms with E-state index in [2.05, 4.69) is 48.2 Å². The molecule has 2 fully saturated rings. The van der Waals surface area contributed by atoms with E-state index < -0.39 is 17.8 Å². The zero-order valence-electron chi connectivity index (χ0n) is 21.6. The van der Waals surface area contributed by atoms with Crippen molar-refractivity contribution in [1.29, 1.82) is 0 Å². The molecule has 3 atom stereocenters. The average Bonchev–Trinajstić information content (AvgIpc) is 3.41. The van der Waals surface area contributed by atoms with Crippen LogP contribution in [0, 0.1) is 23.6 Å². The van der Waals surface area contributed by atoms with Crippen LogP contribution < -0.4 is 11.1 Å². The molecule has 10 nitrogen and oxygen atoms in total. The summed E-state index contributed by atoms with van der Waals surface area (Å²) >= 11 is 3.30. The molecule has 1 aliphatic carbocycles. The van der Waals surface area contributed by atoms with Gasteiger partial charge in [-0.2, -0.15) is 5.10 Å². The summed E-state index contributed by atoms with van der Waals surface area (Å²) in [6, 6.07) is 12.1. The first-order valence-corrected chi connectivity index (χ1v) is 13.7. The number of nitrogens with zero attached hydrogens (tertiary/aromatic N) is 5. The highest BCUT2D eigenvalue weighted by Crippen LogP contribution is 2.44. The molecule has 4 aromatic rings. The number of likely N-dealkylation sites (tertiary alicyclic amines) is 1. The minimum absolute atomic E-state index is 0.00158. The average molecular weight is 616 g/mol. The summed E-state index contributed by atoms with van der Waals surface area (Å²) in [5.74, 6) is 4.58. The van der Waals surface area contributed by atoms with E-state index >= 15 is 0 Å². The van der Waals surface area contributed by atoms with E-state index in [0.29, 0.717) is 33.3 Å². The smallest absolute Gasteiger partial charge is 0.269 e. The van der Waals surface area contributed by atoms with Crippen molar-refractivity contribution < 1.29 is 18.8 Å². The number of benzene rings is 1. The predicted octanol–water partition coefficient (Wildman–Crippen LogP) is 3.24. The van der Waals surface area contributed by atoms with Crippen molar-refractivity contribution in [3.8, 4) is 11.8 Å². The highest BCUT2D eigenvalue weighted by atomic mass is 79.9. The minimum atomic E-state index is -0.753. The molecule has 1 aromatic carbocycles. The second kappa shape index (κ2) is 10.7. The lowest BCUT2D eigenvalue weighted by atomic mass is 9.80. The number of nitrogens with one attached hydrogen (secondary N) is 1. The molecule has 2 aliphatic rings. The Bertz CT molecular complexity index is 1780. The molecule has 206 valence electrons. The number of halogens is 2. The molecule has 3 N–H and O–H groups in total. The maximum absolute atomic E-state index is 13.7. The molecule has 1 saturated heterocycles. The molecular formula is C29H23BrFN7O3. The summed E-state index contributed by atoms with van der Waals surface area (Å²) in [7, 11) is 0. The maximum atomic E-state index is 13.7. The van der Waals surface area contributed by atoms with Crippen LogP contribution in [-0.4, -0.2) is 54.5 Å². The van der Waals surface area contributed by atoms with Crippen LogP contribution in [0.5, 0.6) is 0 Å². The number of fused-ring (bicyclic) bond motifs is 2. The van der Waals surface area contributed by atoms with Crippen molar-refractivity contribution >= 4 is 50.4 Å². The Morgan fingerprint density at radius 2 is 1.98 bits per heavy atom. The molecule has 0 spiro atoms. The number of anilines is 1. The van der Waals surface area contributed by atoms with Crippen molar-refractivity contribution in [3.05, 3.63) is 82.1 Å². The quantitative estimate of drug-likeness (QED) is 0.261. The molecule has 3 unspecified atom stereocenters. The van der Waals surface area contributed by atoms with Gasteiger partial charge in [-0.3, -0.25) is 19.1 Å². The van der Waals surface area contributed by atoms with E-state index in [-0.39, 0.29) is 41.7 Å². The number of primary amides is 1. The number of hydrogen-bond donors (Lipinski definition) is 2. The van der Waals surface area contributed by atoms with Crippen LogP contribution in [0.1, 0.15) is 41.0 Å². The summed E-state index contributed by atoms with van der Waals surface area (Å²) in [6.45, 7) is -0.176. The molecule has 1 saturated carbocycles. The van der Waals surface area contributed by atoms with Crippen LogP contribution >= 0.6 is 15.9 Å². The molecule has 1 aliphatic heterocycles. The first-order chi connectivity index (χ1) is 19.8. The van der Waals surface area contributed by atoms with Crippen LogP contribution in [0.15, 0.2) is 59.3 Å². The molecule has 0 radical (unpaired) electrons. The van der Waals surface area contributed by atoms with Gasteiger partial charge in [0.2, 0.25) is 11.8 Å². The first-order valence-electron chi connectivity index (χ1n) is 13.0. The Kier molecular flexibility index (Phi) is 6.96. The number of rotatable bonds is 5. The summed E-state index contributed by atoms with van der Waals surface area (Å²) in [5, 5.41) is 7.61. The van der Waals surface area contributed by atoms with Gasteiger partial charge >= 0.3 is 0 Å². The molecule has 0 bridgehead atoms. The summed E-state index contributed by atoms with van der Waals surface area (Å²) < 4.78 is 15.5. The zero-order valence-corrected chi connectivity index (χ0v) is 23.1. The molecule has 6 rings (SSSR count). The fourth-order valence-corrected chi connectivity index (χ4v) is 5.83. The van der Waals surface area contributed by atoms with Crippen molar-refractivity contribution in [2.24, 2.45) is 11.7 Å². The van der Waals surface area contributed by atoms with Crippen LogP contribution in [0.2, 0.25) is 0 Å². The van der Waals surface area contributed by atoms with Crippen LogP contribution in [-0.2, 0) is 16.1 Å². The number of aromatic nitrogens is 4. The number of nitrogens with two attached hydrogens (primary N) is 1. The van der Waals surface area contributed by atoms with Gasteiger partial charge in [0.05, 0.1) is 5.52 Å². The summed E-state index contributed by atoms with van der Waals surface area (Å²) in [5.41, 5.74) is 6.92. The van der Waals surface area contributed by atoms with E-state index in [1.165, 1.54) is 23.0 Å². The SMILES string of the molecule is NC(=O)c1nn(CC(=O)N2C(C(=O)Nc3cccc(Br)n3)CC3CCC32)c2ccc(C#Cc3cc(F)ccn3)cc12. The molecule has 3 amide bonds. The number of amides is 3.